The summed E-state index contributed by atoms with van der Waals surface area (Å²) in [6, 6.07) is 18.1. The highest BCUT2D eigenvalue weighted by molar-refractivity contribution is 7.99. The van der Waals surface area contributed by atoms with E-state index in [9.17, 15) is 27.9 Å². The zero-order chi connectivity index (χ0) is 26.3. The monoisotopic (exact) mass is 525 g/mol. The molecule has 3 aromatic carbocycles. The van der Waals surface area contributed by atoms with Crippen molar-refractivity contribution in [2.75, 3.05) is 7.11 Å². The fourth-order valence-corrected chi connectivity index (χ4v) is 4.90. The number of methoxy groups -OCH3 is 1. The molecule has 0 amide bonds. The van der Waals surface area contributed by atoms with Gasteiger partial charge >= 0.3 is 11.8 Å². The second-order valence-electron chi connectivity index (χ2n) is 8.16. The molecule has 0 fully saturated rings. The molecule has 0 bridgehead atoms. The zero-order valence-corrected chi connectivity index (χ0v) is 20.0. The van der Waals surface area contributed by atoms with Gasteiger partial charge in [-0.15, -0.1) is 0 Å². The third kappa shape index (κ3) is 4.55. The number of aromatic hydroxyl groups is 1. The van der Waals surface area contributed by atoms with E-state index in [2.05, 4.69) is 0 Å². The summed E-state index contributed by atoms with van der Waals surface area (Å²) in [5.41, 5.74) is -1.16. The third-order valence-corrected chi connectivity index (χ3v) is 6.91. The topological polar surface area (TPSA) is 81.7 Å². The van der Waals surface area contributed by atoms with Crippen molar-refractivity contribution in [2.45, 2.75) is 22.5 Å². The molecule has 2 aromatic heterocycles. The Balaban J connectivity index is 1.68. The van der Waals surface area contributed by atoms with Crippen LogP contribution in [0, 0.1) is 0 Å². The van der Waals surface area contributed by atoms with Gasteiger partial charge in [0.2, 0.25) is 0 Å². The van der Waals surface area contributed by atoms with E-state index in [1.807, 2.05) is 6.07 Å². The van der Waals surface area contributed by atoms with E-state index in [1.54, 1.807) is 42.5 Å². The Morgan fingerprint density at radius 3 is 2.43 bits per heavy atom. The second kappa shape index (κ2) is 9.36. The lowest BCUT2D eigenvalue weighted by Crippen LogP contribution is -2.22. The SMILES string of the molecule is COc1cccc(Cn2c(=O)c3c(O)c(Sc4ccc(C(F)(F)F)cc4)c(=O)oc3c3ccccc32)c1. The standard InChI is InChI=1S/C27H18F3NO5S/c1-35-17-6-4-5-15(13-17)14-31-20-8-3-2-7-19(20)23-21(25(31)33)22(32)24(26(34)36-23)37-18-11-9-16(10-12-18)27(28,29)30/h2-13,32H,14H2,1H3. The van der Waals surface area contributed by atoms with Crippen LogP contribution in [0.3, 0.4) is 0 Å². The van der Waals surface area contributed by atoms with Crippen LogP contribution < -0.4 is 15.9 Å². The smallest absolute Gasteiger partial charge is 0.416 e. The summed E-state index contributed by atoms with van der Waals surface area (Å²) in [4.78, 5) is 26.5. The van der Waals surface area contributed by atoms with E-state index in [0.717, 1.165) is 17.7 Å². The van der Waals surface area contributed by atoms with E-state index in [4.69, 9.17) is 9.15 Å². The minimum atomic E-state index is -4.51. The highest BCUT2D eigenvalue weighted by Crippen LogP contribution is 2.38. The van der Waals surface area contributed by atoms with E-state index in [0.29, 0.717) is 28.4 Å². The first-order valence-corrected chi connectivity index (χ1v) is 11.8. The van der Waals surface area contributed by atoms with Crippen molar-refractivity contribution in [3.8, 4) is 11.5 Å². The average Bonchev–Trinajstić information content (AvgIpc) is 2.88. The number of nitrogens with zero attached hydrogens (tertiary/aromatic N) is 1. The van der Waals surface area contributed by atoms with Crippen molar-refractivity contribution in [2.24, 2.45) is 0 Å². The molecular formula is C27H18F3NO5S. The summed E-state index contributed by atoms with van der Waals surface area (Å²) in [6.45, 7) is 0.145. The fraction of sp³-hybridized carbons (Fsp3) is 0.111. The average molecular weight is 526 g/mol. The number of ether oxygens (including phenoxy) is 1. The number of fused-ring (bicyclic) bond motifs is 3. The molecule has 1 N–H and O–H groups in total. The van der Waals surface area contributed by atoms with Crippen LogP contribution >= 0.6 is 11.8 Å². The number of halogens is 3. The summed E-state index contributed by atoms with van der Waals surface area (Å²) in [5, 5.41) is 11.3. The van der Waals surface area contributed by atoms with Crippen molar-refractivity contribution in [1.29, 1.82) is 0 Å². The van der Waals surface area contributed by atoms with Crippen LogP contribution in [0.2, 0.25) is 0 Å². The molecule has 10 heteroatoms. The fourth-order valence-electron chi connectivity index (χ4n) is 4.07. The number of rotatable bonds is 5. The minimum absolute atomic E-state index is 0.0678. The molecule has 188 valence electrons. The molecule has 0 spiro atoms. The number of pyridine rings is 1. The Kier molecular flexibility index (Phi) is 6.20. The number of alkyl halides is 3. The zero-order valence-electron chi connectivity index (χ0n) is 19.2. The van der Waals surface area contributed by atoms with Gasteiger partial charge in [-0.1, -0.05) is 36.0 Å². The molecule has 5 aromatic rings. The first-order valence-electron chi connectivity index (χ1n) is 11.0. The van der Waals surface area contributed by atoms with Crippen LogP contribution in [-0.4, -0.2) is 16.8 Å². The van der Waals surface area contributed by atoms with Crippen LogP contribution in [0.25, 0.3) is 21.9 Å². The summed E-state index contributed by atoms with van der Waals surface area (Å²) in [6.07, 6.45) is -4.51. The number of hydrogen-bond acceptors (Lipinski definition) is 6. The lowest BCUT2D eigenvalue weighted by Gasteiger charge is -2.14. The molecule has 5 rings (SSSR count). The first-order chi connectivity index (χ1) is 17.7. The van der Waals surface area contributed by atoms with E-state index >= 15 is 0 Å². The normalized spacial score (nSPS) is 11.8. The Morgan fingerprint density at radius 2 is 1.73 bits per heavy atom. The largest absolute Gasteiger partial charge is 0.505 e. The van der Waals surface area contributed by atoms with E-state index in [1.165, 1.54) is 23.8 Å². The molecule has 6 nitrogen and oxygen atoms in total. The van der Waals surface area contributed by atoms with Gasteiger partial charge in [-0.05, 0) is 54.1 Å². The molecule has 0 aliphatic rings. The quantitative estimate of drug-likeness (QED) is 0.282. The number of para-hydroxylation sites is 1. The van der Waals surface area contributed by atoms with E-state index in [-0.39, 0.29) is 27.3 Å². The Labute approximate surface area is 211 Å². The van der Waals surface area contributed by atoms with Gasteiger partial charge in [0.05, 0.1) is 24.7 Å². The maximum absolute atomic E-state index is 13.7. The van der Waals surface area contributed by atoms with Crippen molar-refractivity contribution in [3.05, 3.63) is 105 Å². The summed E-state index contributed by atoms with van der Waals surface area (Å²) in [5.74, 6) is 0.0195. The molecule has 0 radical (unpaired) electrons. The first kappa shape index (κ1) is 24.5. The van der Waals surface area contributed by atoms with Gasteiger partial charge < -0.3 is 18.8 Å². The van der Waals surface area contributed by atoms with Crippen LogP contribution in [0.15, 0.2) is 96.6 Å². The number of hydrogen-bond donors (Lipinski definition) is 1. The lowest BCUT2D eigenvalue weighted by atomic mass is 10.1. The minimum Gasteiger partial charge on any atom is -0.505 e. The molecule has 0 atom stereocenters. The Hall–Kier alpha value is -4.18. The Morgan fingerprint density at radius 1 is 1.00 bits per heavy atom. The van der Waals surface area contributed by atoms with Gasteiger partial charge in [0.15, 0.2) is 11.3 Å². The number of benzene rings is 3. The van der Waals surface area contributed by atoms with E-state index < -0.39 is 28.7 Å². The van der Waals surface area contributed by atoms with Crippen molar-refractivity contribution in [1.82, 2.24) is 4.57 Å². The van der Waals surface area contributed by atoms with Gasteiger partial charge in [-0.2, -0.15) is 13.2 Å². The van der Waals surface area contributed by atoms with Crippen LogP contribution in [0.1, 0.15) is 11.1 Å². The summed E-state index contributed by atoms with van der Waals surface area (Å²) < 4.78 is 50.9. The van der Waals surface area contributed by atoms with Crippen molar-refractivity contribution < 1.29 is 27.4 Å². The molecule has 0 unspecified atom stereocenters. The molecule has 37 heavy (non-hydrogen) atoms. The molecule has 0 aliphatic carbocycles. The molecular weight excluding hydrogens is 507 g/mol. The molecule has 2 heterocycles. The number of aromatic nitrogens is 1. The maximum atomic E-state index is 13.7. The van der Waals surface area contributed by atoms with Gasteiger partial charge in [0, 0.05) is 10.3 Å². The summed E-state index contributed by atoms with van der Waals surface area (Å²) in [7, 11) is 1.53. The Bertz CT molecular complexity index is 1760. The second-order valence-corrected chi connectivity index (χ2v) is 9.24. The van der Waals surface area contributed by atoms with Gasteiger partial charge in [0.25, 0.3) is 5.56 Å². The molecule has 0 saturated carbocycles. The molecule has 0 saturated heterocycles. The highest BCUT2D eigenvalue weighted by atomic mass is 32.2. The van der Waals surface area contributed by atoms with Gasteiger partial charge in [-0.3, -0.25) is 4.79 Å². The molecule has 0 aliphatic heterocycles. The van der Waals surface area contributed by atoms with Gasteiger partial charge in [0.1, 0.15) is 16.0 Å². The van der Waals surface area contributed by atoms with Crippen LogP contribution in [0.5, 0.6) is 11.5 Å². The van der Waals surface area contributed by atoms with Gasteiger partial charge in [-0.25, -0.2) is 4.79 Å². The summed E-state index contributed by atoms with van der Waals surface area (Å²) >= 11 is 0.716. The lowest BCUT2D eigenvalue weighted by molar-refractivity contribution is -0.137. The van der Waals surface area contributed by atoms with Crippen LogP contribution in [-0.2, 0) is 12.7 Å². The predicted octanol–water partition coefficient (Wildman–Crippen LogP) is 6.04. The van der Waals surface area contributed by atoms with Crippen molar-refractivity contribution in [3.63, 3.8) is 0 Å². The predicted molar refractivity (Wildman–Crippen MR) is 134 cm³/mol. The maximum Gasteiger partial charge on any atom is 0.416 e. The van der Waals surface area contributed by atoms with Crippen LogP contribution in [0.4, 0.5) is 13.2 Å². The van der Waals surface area contributed by atoms with Crippen molar-refractivity contribution >= 4 is 33.6 Å². The third-order valence-electron chi connectivity index (χ3n) is 5.83. The highest BCUT2D eigenvalue weighted by Gasteiger charge is 2.30.